The number of allylic oxidation sites excluding steroid dienone is 2. The van der Waals surface area contributed by atoms with Crippen molar-refractivity contribution in [3.63, 3.8) is 0 Å². The van der Waals surface area contributed by atoms with Gasteiger partial charge in [0.05, 0.1) is 6.61 Å². The van der Waals surface area contributed by atoms with E-state index in [9.17, 15) is 0 Å². The van der Waals surface area contributed by atoms with E-state index in [0.717, 1.165) is 12.4 Å². The molecule has 1 saturated heterocycles. The third-order valence-electron chi connectivity index (χ3n) is 5.31. The van der Waals surface area contributed by atoms with E-state index >= 15 is 0 Å². The molecule has 0 bridgehead atoms. The van der Waals surface area contributed by atoms with E-state index < -0.39 is 0 Å². The van der Waals surface area contributed by atoms with Crippen LogP contribution in [0.1, 0.15) is 90.0 Å². The molecular weight excluding hydrogens is 332 g/mol. The molecule has 1 fully saturated rings. The maximum atomic E-state index is 5.78. The molecule has 0 saturated carbocycles. The molecule has 1 aromatic rings. The molecule has 0 N–H and O–H groups in total. The van der Waals surface area contributed by atoms with Crippen LogP contribution in [0, 0.1) is 0 Å². The van der Waals surface area contributed by atoms with Crippen molar-refractivity contribution in [2.45, 2.75) is 96.5 Å². The van der Waals surface area contributed by atoms with Gasteiger partial charge in [-0.3, -0.25) is 0 Å². The quantitative estimate of drug-likeness (QED) is 0.173. The molecule has 1 atom stereocenters. The summed E-state index contributed by atoms with van der Waals surface area (Å²) in [7, 11) is 0. The smallest absolute Gasteiger partial charge is 0.123 e. The van der Waals surface area contributed by atoms with Crippen molar-refractivity contribution in [1.82, 2.24) is 0 Å². The summed E-state index contributed by atoms with van der Waals surface area (Å²) in [5, 5.41) is 0. The van der Waals surface area contributed by atoms with Crippen LogP contribution in [-0.4, -0.2) is 18.8 Å². The first-order valence-electron chi connectivity index (χ1n) is 11.2. The van der Waals surface area contributed by atoms with Crippen LogP contribution in [0.3, 0.4) is 0 Å². The fourth-order valence-corrected chi connectivity index (χ4v) is 3.25. The summed E-state index contributed by atoms with van der Waals surface area (Å²) in [6, 6.07) is 8.61. The van der Waals surface area contributed by atoms with Gasteiger partial charge in [0.2, 0.25) is 0 Å². The first kappa shape index (κ1) is 22.0. The fraction of sp³-hybridized carbons (Fsp3) is 0.680. The molecule has 27 heavy (non-hydrogen) atoms. The summed E-state index contributed by atoms with van der Waals surface area (Å²) >= 11 is 0. The van der Waals surface area contributed by atoms with Gasteiger partial charge < -0.3 is 9.47 Å². The molecule has 1 heterocycles. The van der Waals surface area contributed by atoms with Gasteiger partial charge in [-0.25, -0.2) is 0 Å². The van der Waals surface area contributed by atoms with E-state index in [1.807, 2.05) is 0 Å². The molecular formula is C25H40O2. The lowest BCUT2D eigenvalue weighted by Gasteiger charge is -2.09. The number of epoxide rings is 1. The second kappa shape index (κ2) is 13.0. The second-order valence-corrected chi connectivity index (χ2v) is 8.30. The zero-order valence-electron chi connectivity index (χ0n) is 17.7. The first-order chi connectivity index (χ1) is 13.2. The lowest BCUT2D eigenvalue weighted by atomic mass is 10.0. The average Bonchev–Trinajstić information content (AvgIpc) is 3.42. The van der Waals surface area contributed by atoms with E-state index in [2.05, 4.69) is 50.3 Å². The molecule has 0 aromatic heterocycles. The van der Waals surface area contributed by atoms with Gasteiger partial charge in [0, 0.05) is 0 Å². The summed E-state index contributed by atoms with van der Waals surface area (Å²) in [4.78, 5) is 0. The first-order valence-corrected chi connectivity index (χ1v) is 11.2. The predicted octanol–water partition coefficient (Wildman–Crippen LogP) is 7.26. The highest BCUT2D eigenvalue weighted by Gasteiger charge is 2.40. The Morgan fingerprint density at radius 3 is 2.11 bits per heavy atom. The Kier molecular flexibility index (Phi) is 10.6. The Bertz CT molecular complexity index is 514. The van der Waals surface area contributed by atoms with Crippen molar-refractivity contribution in [2.24, 2.45) is 0 Å². The number of hydrogen-bond acceptors (Lipinski definition) is 2. The van der Waals surface area contributed by atoms with Gasteiger partial charge in [0.25, 0.3) is 0 Å². The largest absolute Gasteiger partial charge is 0.491 e. The van der Waals surface area contributed by atoms with Crippen LogP contribution in [-0.2, 0) is 11.2 Å². The van der Waals surface area contributed by atoms with E-state index in [1.54, 1.807) is 0 Å². The normalized spacial score (nSPS) is 18.9. The minimum Gasteiger partial charge on any atom is -0.491 e. The molecule has 2 heteroatoms. The number of ether oxygens (including phenoxy) is 2. The summed E-state index contributed by atoms with van der Waals surface area (Å²) in [5.41, 5.74) is 1.39. The third kappa shape index (κ3) is 10.6. The van der Waals surface area contributed by atoms with E-state index in [1.165, 1.54) is 82.6 Å². The molecule has 152 valence electrons. The molecule has 2 nitrogen and oxygen atoms in total. The number of benzene rings is 1. The standard InChI is InChI=1S/C25H40O2/c1-3-4-5-6-7-8-9-10-11-12-13-14-15-16-23-17-19-24(20-18-23)26-21-25(2)22-27-25/h5-6,17-20H,3-4,7-16,21-22H2,1-2H3/b6-5+. The Morgan fingerprint density at radius 1 is 0.889 bits per heavy atom. The lowest BCUT2D eigenvalue weighted by Crippen LogP contribution is -2.16. The van der Waals surface area contributed by atoms with E-state index in [4.69, 9.17) is 9.47 Å². The van der Waals surface area contributed by atoms with Gasteiger partial charge >= 0.3 is 0 Å². The molecule has 0 spiro atoms. The van der Waals surface area contributed by atoms with Crippen molar-refractivity contribution < 1.29 is 9.47 Å². The summed E-state index contributed by atoms with van der Waals surface area (Å²) in [6.45, 7) is 5.80. The van der Waals surface area contributed by atoms with Crippen molar-refractivity contribution in [3.8, 4) is 5.75 Å². The van der Waals surface area contributed by atoms with Crippen LogP contribution >= 0.6 is 0 Å². The van der Waals surface area contributed by atoms with Crippen LogP contribution in [0.25, 0.3) is 0 Å². The maximum absolute atomic E-state index is 5.78. The Hall–Kier alpha value is -1.28. The van der Waals surface area contributed by atoms with Gasteiger partial charge in [0.1, 0.15) is 18.0 Å². The molecule has 0 amide bonds. The lowest BCUT2D eigenvalue weighted by molar-refractivity contribution is 0.202. The monoisotopic (exact) mass is 372 g/mol. The molecule has 0 aliphatic carbocycles. The Morgan fingerprint density at radius 2 is 1.48 bits per heavy atom. The molecule has 0 radical (unpaired) electrons. The predicted molar refractivity (Wildman–Crippen MR) is 116 cm³/mol. The number of rotatable bonds is 16. The zero-order valence-corrected chi connectivity index (χ0v) is 17.7. The zero-order chi connectivity index (χ0) is 19.2. The molecule has 1 aromatic carbocycles. The third-order valence-corrected chi connectivity index (χ3v) is 5.31. The van der Waals surface area contributed by atoms with Crippen molar-refractivity contribution in [1.29, 1.82) is 0 Å². The minimum atomic E-state index is -0.0373. The van der Waals surface area contributed by atoms with E-state index in [0.29, 0.717) is 6.61 Å². The maximum Gasteiger partial charge on any atom is 0.123 e. The average molecular weight is 373 g/mol. The highest BCUT2D eigenvalue weighted by molar-refractivity contribution is 5.27. The van der Waals surface area contributed by atoms with Crippen molar-refractivity contribution in [2.75, 3.05) is 13.2 Å². The van der Waals surface area contributed by atoms with E-state index in [-0.39, 0.29) is 5.60 Å². The van der Waals surface area contributed by atoms with Crippen molar-refractivity contribution >= 4 is 0 Å². The molecule has 2 rings (SSSR count). The van der Waals surface area contributed by atoms with Crippen LogP contribution in [0.5, 0.6) is 5.75 Å². The Balaban J connectivity index is 1.39. The highest BCUT2D eigenvalue weighted by Crippen LogP contribution is 2.27. The van der Waals surface area contributed by atoms with Gasteiger partial charge in [0.15, 0.2) is 0 Å². The van der Waals surface area contributed by atoms with Gasteiger partial charge in [-0.2, -0.15) is 0 Å². The van der Waals surface area contributed by atoms with Crippen LogP contribution in [0.15, 0.2) is 36.4 Å². The van der Waals surface area contributed by atoms with Gasteiger partial charge in [-0.1, -0.05) is 76.2 Å². The topological polar surface area (TPSA) is 21.8 Å². The van der Waals surface area contributed by atoms with Crippen molar-refractivity contribution in [3.05, 3.63) is 42.0 Å². The minimum absolute atomic E-state index is 0.0373. The highest BCUT2D eigenvalue weighted by atomic mass is 16.6. The summed E-state index contributed by atoms with van der Waals surface area (Å²) in [5.74, 6) is 0.955. The summed E-state index contributed by atoms with van der Waals surface area (Å²) in [6.07, 6.45) is 20.7. The molecule has 1 unspecified atom stereocenters. The Labute approximate surface area is 167 Å². The second-order valence-electron chi connectivity index (χ2n) is 8.30. The van der Waals surface area contributed by atoms with Gasteiger partial charge in [-0.15, -0.1) is 0 Å². The van der Waals surface area contributed by atoms with Crippen LogP contribution < -0.4 is 4.74 Å². The number of aryl methyl sites for hydroxylation is 1. The molecule has 1 aliphatic heterocycles. The SMILES string of the molecule is CCC/C=C/CCCCCCCCCCc1ccc(OCC2(C)CO2)cc1. The van der Waals surface area contributed by atoms with Gasteiger partial charge in [-0.05, 0) is 56.7 Å². The van der Waals surface area contributed by atoms with Crippen LogP contribution in [0.2, 0.25) is 0 Å². The van der Waals surface area contributed by atoms with Crippen LogP contribution in [0.4, 0.5) is 0 Å². The summed E-state index contributed by atoms with van der Waals surface area (Å²) < 4.78 is 11.1. The molecule has 1 aliphatic rings. The number of hydrogen-bond donors (Lipinski definition) is 0. The fourth-order valence-electron chi connectivity index (χ4n) is 3.25. The number of unbranched alkanes of at least 4 members (excludes halogenated alkanes) is 9.